The fourth-order valence-corrected chi connectivity index (χ4v) is 1.91. The lowest BCUT2D eigenvalue weighted by Crippen LogP contribution is -1.98. The molecule has 0 unspecified atom stereocenters. The summed E-state index contributed by atoms with van der Waals surface area (Å²) < 4.78 is 0. The summed E-state index contributed by atoms with van der Waals surface area (Å²) in [4.78, 5) is 22.1. The van der Waals surface area contributed by atoms with Gasteiger partial charge in [-0.25, -0.2) is 14.8 Å². The molecule has 0 aliphatic rings. The molecule has 2 N–H and O–H groups in total. The third-order valence-electron chi connectivity index (χ3n) is 1.71. The van der Waals surface area contributed by atoms with Crippen LogP contribution in [0.25, 0.3) is 10.6 Å². The molecule has 5 nitrogen and oxygen atoms in total. The molecule has 0 aliphatic carbocycles. The largest absolute Gasteiger partial charge is 0.476 e. The van der Waals surface area contributed by atoms with Crippen LogP contribution >= 0.6 is 11.3 Å². The molecule has 2 aromatic rings. The average Bonchev–Trinajstić information content (AvgIpc) is 2.70. The minimum atomic E-state index is -1.03. The number of carboxylic acid groups (broad SMARTS) is 1. The van der Waals surface area contributed by atoms with Crippen molar-refractivity contribution in [3.8, 4) is 10.6 Å². The molecule has 0 amide bonds. The monoisotopic (exact) mass is 209 g/mol. The number of nitrogens with zero attached hydrogens (tertiary/aromatic N) is 2. The molecule has 14 heavy (non-hydrogen) atoms. The highest BCUT2D eigenvalue weighted by atomic mass is 32.1. The summed E-state index contributed by atoms with van der Waals surface area (Å²) in [6.45, 7) is 1.87. The van der Waals surface area contributed by atoms with Gasteiger partial charge in [0.05, 0.1) is 21.9 Å². The quantitative estimate of drug-likeness (QED) is 0.786. The van der Waals surface area contributed by atoms with Gasteiger partial charge in [0.25, 0.3) is 0 Å². The number of imidazole rings is 1. The molecule has 0 aromatic carbocycles. The molecule has 2 heterocycles. The van der Waals surface area contributed by atoms with Crippen molar-refractivity contribution in [1.29, 1.82) is 0 Å². The summed E-state index contributed by atoms with van der Waals surface area (Å²) >= 11 is 1.43. The van der Waals surface area contributed by atoms with Gasteiger partial charge in [-0.1, -0.05) is 0 Å². The minimum absolute atomic E-state index is 0.0358. The molecule has 0 fully saturated rings. The topological polar surface area (TPSA) is 78.9 Å². The van der Waals surface area contributed by atoms with Crippen LogP contribution in [0.1, 0.15) is 15.5 Å². The second-order valence-corrected chi connectivity index (χ2v) is 3.91. The summed E-state index contributed by atoms with van der Waals surface area (Å²) in [6, 6.07) is 0. The maximum Gasteiger partial charge on any atom is 0.356 e. The highest BCUT2D eigenvalue weighted by Crippen LogP contribution is 2.26. The van der Waals surface area contributed by atoms with Crippen LogP contribution in [0.5, 0.6) is 0 Å². The van der Waals surface area contributed by atoms with Crippen molar-refractivity contribution >= 4 is 17.3 Å². The van der Waals surface area contributed by atoms with Gasteiger partial charge in [-0.2, -0.15) is 0 Å². The van der Waals surface area contributed by atoms with E-state index in [2.05, 4.69) is 15.0 Å². The Kier molecular flexibility index (Phi) is 2.05. The molecule has 0 saturated carbocycles. The fraction of sp³-hybridized carbons (Fsp3) is 0.125. The minimum Gasteiger partial charge on any atom is -0.476 e. The Bertz CT molecular complexity index is 474. The highest BCUT2D eigenvalue weighted by Gasteiger charge is 2.15. The van der Waals surface area contributed by atoms with Crippen molar-refractivity contribution in [2.45, 2.75) is 6.92 Å². The van der Waals surface area contributed by atoms with E-state index >= 15 is 0 Å². The van der Waals surface area contributed by atoms with E-state index in [4.69, 9.17) is 5.11 Å². The second-order valence-electron chi connectivity index (χ2n) is 2.67. The number of aromatic amines is 1. The zero-order valence-electron chi connectivity index (χ0n) is 7.31. The number of aryl methyl sites for hydroxylation is 1. The first kappa shape index (κ1) is 8.89. The Balaban J connectivity index is 2.51. The predicted octanol–water partition coefficient (Wildman–Crippen LogP) is 1.54. The molecule has 0 saturated heterocycles. The number of aromatic carboxylic acids is 1. The van der Waals surface area contributed by atoms with Crippen LogP contribution in [0.4, 0.5) is 0 Å². The van der Waals surface area contributed by atoms with E-state index in [0.717, 1.165) is 9.88 Å². The number of aromatic nitrogens is 3. The normalized spacial score (nSPS) is 10.4. The van der Waals surface area contributed by atoms with Gasteiger partial charge in [0.15, 0.2) is 5.69 Å². The zero-order chi connectivity index (χ0) is 10.1. The molecule has 2 aromatic heterocycles. The van der Waals surface area contributed by atoms with Gasteiger partial charge < -0.3 is 10.1 Å². The van der Waals surface area contributed by atoms with E-state index < -0.39 is 5.97 Å². The van der Waals surface area contributed by atoms with E-state index in [0.29, 0.717) is 5.69 Å². The lowest BCUT2D eigenvalue weighted by Gasteiger charge is -1.92. The standard InChI is InChI=1S/C8H7N3O2S/c1-4-9-2-5(14-4)6-7(8(12)13)11-3-10-6/h2-3H,1H3,(H,10,11)(H,12,13). The van der Waals surface area contributed by atoms with Crippen LogP contribution in [-0.2, 0) is 0 Å². The molecular weight excluding hydrogens is 202 g/mol. The van der Waals surface area contributed by atoms with E-state index in [1.165, 1.54) is 17.7 Å². The molecule has 0 bridgehead atoms. The number of hydrogen-bond acceptors (Lipinski definition) is 4. The number of rotatable bonds is 2. The third kappa shape index (κ3) is 1.39. The van der Waals surface area contributed by atoms with Crippen molar-refractivity contribution in [2.75, 3.05) is 0 Å². The molecule has 0 spiro atoms. The third-order valence-corrected chi connectivity index (χ3v) is 2.64. The van der Waals surface area contributed by atoms with E-state index in [1.54, 1.807) is 6.20 Å². The number of nitrogens with one attached hydrogen (secondary N) is 1. The first-order valence-electron chi connectivity index (χ1n) is 3.88. The number of carbonyl (C=O) groups is 1. The van der Waals surface area contributed by atoms with Crippen molar-refractivity contribution < 1.29 is 9.90 Å². The molecule has 6 heteroatoms. The molecule has 0 radical (unpaired) electrons. The van der Waals surface area contributed by atoms with Crippen LogP contribution in [0.2, 0.25) is 0 Å². The van der Waals surface area contributed by atoms with Gasteiger partial charge >= 0.3 is 5.97 Å². The fourth-order valence-electron chi connectivity index (χ4n) is 1.12. The van der Waals surface area contributed by atoms with Crippen LogP contribution in [0.15, 0.2) is 12.5 Å². The van der Waals surface area contributed by atoms with Crippen molar-refractivity contribution in [3.05, 3.63) is 23.2 Å². The van der Waals surface area contributed by atoms with Crippen molar-refractivity contribution in [1.82, 2.24) is 15.0 Å². The predicted molar refractivity (Wildman–Crippen MR) is 51.4 cm³/mol. The summed E-state index contributed by atoms with van der Waals surface area (Å²) in [6.07, 6.45) is 3.01. The zero-order valence-corrected chi connectivity index (χ0v) is 8.13. The van der Waals surface area contributed by atoms with E-state index in [1.807, 2.05) is 6.92 Å². The lowest BCUT2D eigenvalue weighted by molar-refractivity contribution is 0.0692. The van der Waals surface area contributed by atoms with Crippen LogP contribution in [0, 0.1) is 6.92 Å². The Hall–Kier alpha value is -1.69. The molecule has 0 atom stereocenters. The van der Waals surface area contributed by atoms with Gasteiger partial charge in [-0.05, 0) is 6.92 Å². The SMILES string of the molecule is Cc1ncc(-c2[nH]cnc2C(=O)O)s1. The van der Waals surface area contributed by atoms with Gasteiger partial charge in [0.1, 0.15) is 0 Å². The van der Waals surface area contributed by atoms with Crippen LogP contribution in [0.3, 0.4) is 0 Å². The van der Waals surface area contributed by atoms with Gasteiger partial charge in [-0.3, -0.25) is 0 Å². The van der Waals surface area contributed by atoms with Crippen molar-refractivity contribution in [2.24, 2.45) is 0 Å². The average molecular weight is 209 g/mol. The maximum absolute atomic E-state index is 10.8. The maximum atomic E-state index is 10.8. The summed E-state index contributed by atoms with van der Waals surface area (Å²) in [7, 11) is 0. The molecule has 72 valence electrons. The summed E-state index contributed by atoms with van der Waals surface area (Å²) in [5.41, 5.74) is 0.553. The first-order chi connectivity index (χ1) is 6.68. The first-order valence-corrected chi connectivity index (χ1v) is 4.69. The molecule has 2 rings (SSSR count). The smallest absolute Gasteiger partial charge is 0.356 e. The second kappa shape index (κ2) is 3.22. The molecule has 0 aliphatic heterocycles. The number of hydrogen-bond donors (Lipinski definition) is 2. The summed E-state index contributed by atoms with van der Waals surface area (Å²) in [5.74, 6) is -1.03. The van der Waals surface area contributed by atoms with E-state index in [9.17, 15) is 4.79 Å². The number of thiazole rings is 1. The molecular formula is C8H7N3O2S. The highest BCUT2D eigenvalue weighted by molar-refractivity contribution is 7.15. The number of H-pyrrole nitrogens is 1. The van der Waals surface area contributed by atoms with Crippen LogP contribution < -0.4 is 0 Å². The number of carboxylic acids is 1. The Labute approximate surface area is 83.5 Å². The summed E-state index contributed by atoms with van der Waals surface area (Å²) in [5, 5.41) is 9.72. The van der Waals surface area contributed by atoms with E-state index in [-0.39, 0.29) is 5.69 Å². The Morgan fingerprint density at radius 1 is 1.57 bits per heavy atom. The Morgan fingerprint density at radius 3 is 2.93 bits per heavy atom. The van der Waals surface area contributed by atoms with Gasteiger partial charge in [0, 0.05) is 6.20 Å². The lowest BCUT2D eigenvalue weighted by atomic mass is 10.3. The van der Waals surface area contributed by atoms with Crippen molar-refractivity contribution in [3.63, 3.8) is 0 Å². The van der Waals surface area contributed by atoms with Crippen LogP contribution in [-0.4, -0.2) is 26.0 Å². The Morgan fingerprint density at radius 2 is 2.36 bits per heavy atom. The van der Waals surface area contributed by atoms with Gasteiger partial charge in [-0.15, -0.1) is 11.3 Å². The van der Waals surface area contributed by atoms with Gasteiger partial charge in [0.2, 0.25) is 0 Å².